The zero-order valence-corrected chi connectivity index (χ0v) is 12.3. The van der Waals surface area contributed by atoms with Crippen molar-refractivity contribution in [3.8, 4) is 0 Å². The first-order valence-corrected chi connectivity index (χ1v) is 7.60. The number of nitrogens with one attached hydrogen (secondary N) is 1. The highest BCUT2D eigenvalue weighted by Gasteiger charge is 2.16. The van der Waals surface area contributed by atoms with E-state index in [4.69, 9.17) is 10.2 Å². The molecular formula is C14H19N3O2S. The van der Waals surface area contributed by atoms with Crippen molar-refractivity contribution in [1.29, 1.82) is 0 Å². The van der Waals surface area contributed by atoms with Crippen LogP contribution in [0.2, 0.25) is 0 Å². The van der Waals surface area contributed by atoms with Crippen LogP contribution >= 0.6 is 11.3 Å². The number of hydrogen-bond donors (Lipinski definition) is 2. The number of nitrogens with two attached hydrogens (primary N) is 1. The Balaban J connectivity index is 1.89. The largest absolute Gasteiger partial charge is 0.446 e. The van der Waals surface area contributed by atoms with Crippen molar-refractivity contribution < 1.29 is 9.21 Å². The maximum absolute atomic E-state index is 11.9. The predicted molar refractivity (Wildman–Crippen MR) is 78.4 cm³/mol. The molecule has 0 aliphatic carbocycles. The lowest BCUT2D eigenvalue weighted by atomic mass is 10.1. The van der Waals surface area contributed by atoms with Crippen molar-refractivity contribution in [1.82, 2.24) is 10.3 Å². The average molecular weight is 293 g/mol. The maximum Gasteiger partial charge on any atom is 0.273 e. The van der Waals surface area contributed by atoms with Gasteiger partial charge in [-0.15, -0.1) is 11.3 Å². The monoisotopic (exact) mass is 293 g/mol. The molecular weight excluding hydrogens is 274 g/mol. The fourth-order valence-electron chi connectivity index (χ4n) is 1.78. The third-order valence-electron chi connectivity index (χ3n) is 2.94. The molecule has 0 fully saturated rings. The first-order valence-electron chi connectivity index (χ1n) is 6.72. The first-order chi connectivity index (χ1) is 9.70. The van der Waals surface area contributed by atoms with Gasteiger partial charge in [0.05, 0.1) is 12.6 Å². The van der Waals surface area contributed by atoms with Gasteiger partial charge < -0.3 is 15.5 Å². The average Bonchev–Trinajstić information content (AvgIpc) is 3.12. The number of oxazole rings is 1. The third kappa shape index (κ3) is 3.91. The number of amides is 1. The Morgan fingerprint density at radius 3 is 3.15 bits per heavy atom. The molecule has 2 aromatic rings. The number of thiophene rings is 1. The summed E-state index contributed by atoms with van der Waals surface area (Å²) in [5.74, 6) is 0.191. The second kappa shape index (κ2) is 7.21. The van der Waals surface area contributed by atoms with E-state index in [1.165, 1.54) is 6.26 Å². The van der Waals surface area contributed by atoms with Crippen molar-refractivity contribution in [2.45, 2.75) is 38.8 Å². The Morgan fingerprint density at radius 1 is 1.60 bits per heavy atom. The van der Waals surface area contributed by atoms with Crippen LogP contribution < -0.4 is 11.1 Å². The lowest BCUT2D eigenvalue weighted by Crippen LogP contribution is -2.23. The fourth-order valence-corrected chi connectivity index (χ4v) is 2.43. The van der Waals surface area contributed by atoms with E-state index in [0.29, 0.717) is 12.4 Å². The molecule has 20 heavy (non-hydrogen) atoms. The first kappa shape index (κ1) is 14.7. The number of aromatic nitrogens is 1. The fraction of sp³-hybridized carbons (Fsp3) is 0.429. The van der Waals surface area contributed by atoms with Gasteiger partial charge in [-0.05, 0) is 17.9 Å². The molecule has 0 bridgehead atoms. The van der Waals surface area contributed by atoms with Crippen molar-refractivity contribution in [3.63, 3.8) is 0 Å². The lowest BCUT2D eigenvalue weighted by Gasteiger charge is -2.05. The van der Waals surface area contributed by atoms with Crippen molar-refractivity contribution in [2.24, 2.45) is 5.73 Å². The molecule has 0 saturated carbocycles. The molecule has 3 N–H and O–H groups in total. The summed E-state index contributed by atoms with van der Waals surface area (Å²) in [5, 5.41) is 4.78. The van der Waals surface area contributed by atoms with E-state index < -0.39 is 0 Å². The van der Waals surface area contributed by atoms with Crippen LogP contribution in [-0.2, 0) is 6.54 Å². The normalized spacial score (nSPS) is 12.3. The minimum Gasteiger partial charge on any atom is -0.446 e. The Morgan fingerprint density at radius 2 is 2.45 bits per heavy atom. The van der Waals surface area contributed by atoms with Crippen LogP contribution in [0.4, 0.5) is 0 Å². The van der Waals surface area contributed by atoms with Gasteiger partial charge in [0.15, 0.2) is 5.69 Å². The SMILES string of the molecule is CCCCC(N)c1nc(C(=O)NCc2cccs2)co1. The van der Waals surface area contributed by atoms with Gasteiger partial charge in [-0.1, -0.05) is 25.8 Å². The summed E-state index contributed by atoms with van der Waals surface area (Å²) in [4.78, 5) is 17.2. The van der Waals surface area contributed by atoms with E-state index >= 15 is 0 Å². The Bertz CT molecular complexity index is 536. The number of carbonyl (C=O) groups is 1. The second-order valence-corrected chi connectivity index (χ2v) is 5.61. The molecule has 0 aliphatic rings. The minimum absolute atomic E-state index is 0.240. The summed E-state index contributed by atoms with van der Waals surface area (Å²) in [6.45, 7) is 2.60. The molecule has 2 rings (SSSR count). The summed E-state index contributed by atoms with van der Waals surface area (Å²) in [6.07, 6.45) is 4.27. The molecule has 0 spiro atoms. The molecule has 0 aromatic carbocycles. The number of carbonyl (C=O) groups excluding carboxylic acids is 1. The van der Waals surface area contributed by atoms with Crippen LogP contribution in [0, 0.1) is 0 Å². The summed E-state index contributed by atoms with van der Waals surface area (Å²) in [6, 6.07) is 3.68. The standard InChI is InChI=1S/C14H19N3O2S/c1-2-3-6-11(15)14-17-12(9-19-14)13(18)16-8-10-5-4-7-20-10/h4-5,7,9,11H,2-3,6,8,15H2,1H3,(H,16,18). The molecule has 5 nitrogen and oxygen atoms in total. The molecule has 2 heterocycles. The van der Waals surface area contributed by atoms with E-state index in [0.717, 1.165) is 24.1 Å². The van der Waals surface area contributed by atoms with Crippen LogP contribution in [0.5, 0.6) is 0 Å². The van der Waals surface area contributed by atoms with E-state index in [2.05, 4.69) is 17.2 Å². The summed E-state index contributed by atoms with van der Waals surface area (Å²) < 4.78 is 5.29. The van der Waals surface area contributed by atoms with Crippen molar-refractivity contribution in [2.75, 3.05) is 0 Å². The van der Waals surface area contributed by atoms with Crippen LogP contribution in [0.1, 0.15) is 53.5 Å². The summed E-state index contributed by atoms with van der Waals surface area (Å²) in [7, 11) is 0. The molecule has 1 amide bonds. The number of nitrogens with zero attached hydrogens (tertiary/aromatic N) is 1. The molecule has 0 saturated heterocycles. The smallest absolute Gasteiger partial charge is 0.273 e. The maximum atomic E-state index is 11.9. The Kier molecular flexibility index (Phi) is 5.31. The van der Waals surface area contributed by atoms with E-state index in [1.54, 1.807) is 11.3 Å². The highest BCUT2D eigenvalue weighted by atomic mass is 32.1. The van der Waals surface area contributed by atoms with Gasteiger partial charge in [-0.25, -0.2) is 4.98 Å². The van der Waals surface area contributed by atoms with E-state index in [-0.39, 0.29) is 17.6 Å². The van der Waals surface area contributed by atoms with E-state index in [9.17, 15) is 4.79 Å². The van der Waals surface area contributed by atoms with Gasteiger partial charge in [-0.3, -0.25) is 4.79 Å². The highest BCUT2D eigenvalue weighted by molar-refractivity contribution is 7.09. The molecule has 0 aliphatic heterocycles. The van der Waals surface area contributed by atoms with Crippen molar-refractivity contribution in [3.05, 3.63) is 40.2 Å². The van der Waals surface area contributed by atoms with Crippen LogP contribution in [0.15, 0.2) is 28.2 Å². The topological polar surface area (TPSA) is 81.1 Å². The molecule has 6 heteroatoms. The quantitative estimate of drug-likeness (QED) is 0.822. The molecule has 1 unspecified atom stereocenters. The third-order valence-corrected chi connectivity index (χ3v) is 3.82. The zero-order chi connectivity index (χ0) is 14.4. The number of hydrogen-bond acceptors (Lipinski definition) is 5. The van der Waals surface area contributed by atoms with Gasteiger partial charge >= 0.3 is 0 Å². The van der Waals surface area contributed by atoms with Crippen LogP contribution in [0.3, 0.4) is 0 Å². The van der Waals surface area contributed by atoms with Crippen LogP contribution in [0.25, 0.3) is 0 Å². The number of rotatable bonds is 7. The van der Waals surface area contributed by atoms with Crippen molar-refractivity contribution >= 4 is 17.2 Å². The Hall–Kier alpha value is -1.66. The van der Waals surface area contributed by atoms with Gasteiger partial charge in [0.25, 0.3) is 5.91 Å². The summed E-state index contributed by atoms with van der Waals surface area (Å²) >= 11 is 1.60. The molecule has 2 aromatic heterocycles. The summed E-state index contributed by atoms with van der Waals surface area (Å²) in [5.41, 5.74) is 6.24. The van der Waals surface area contributed by atoms with Gasteiger partial charge in [-0.2, -0.15) is 0 Å². The number of unbranched alkanes of at least 4 members (excludes halogenated alkanes) is 1. The lowest BCUT2D eigenvalue weighted by molar-refractivity contribution is 0.0946. The predicted octanol–water partition coefficient (Wildman–Crippen LogP) is 2.86. The minimum atomic E-state index is -0.242. The Labute approximate surface area is 122 Å². The van der Waals surface area contributed by atoms with Crippen LogP contribution in [-0.4, -0.2) is 10.9 Å². The van der Waals surface area contributed by atoms with E-state index in [1.807, 2.05) is 17.5 Å². The molecule has 0 radical (unpaired) electrons. The van der Waals surface area contributed by atoms with Gasteiger partial charge in [0.1, 0.15) is 6.26 Å². The second-order valence-electron chi connectivity index (χ2n) is 4.58. The van der Waals surface area contributed by atoms with Gasteiger partial charge in [0, 0.05) is 4.88 Å². The molecule has 108 valence electrons. The highest BCUT2D eigenvalue weighted by Crippen LogP contribution is 2.16. The zero-order valence-electron chi connectivity index (χ0n) is 11.5. The van der Waals surface area contributed by atoms with Gasteiger partial charge in [0.2, 0.25) is 5.89 Å². The molecule has 1 atom stereocenters.